The summed E-state index contributed by atoms with van der Waals surface area (Å²) in [7, 11) is 2.05. The van der Waals surface area contributed by atoms with Gasteiger partial charge in [-0.1, -0.05) is 6.07 Å². The highest BCUT2D eigenvalue weighted by Crippen LogP contribution is 2.15. The summed E-state index contributed by atoms with van der Waals surface area (Å²) >= 11 is 0. The zero-order valence-corrected chi connectivity index (χ0v) is 13.0. The molecule has 2 heterocycles. The van der Waals surface area contributed by atoms with E-state index in [1.807, 2.05) is 11.9 Å². The third-order valence-electron chi connectivity index (χ3n) is 3.90. The molecule has 1 aromatic heterocycles. The Kier molecular flexibility index (Phi) is 4.43. The van der Waals surface area contributed by atoms with Crippen LogP contribution in [0.2, 0.25) is 0 Å². The van der Waals surface area contributed by atoms with Crippen LogP contribution in [-0.2, 0) is 0 Å². The summed E-state index contributed by atoms with van der Waals surface area (Å²) in [5.41, 5.74) is 1.15. The number of piperazine rings is 1. The lowest BCUT2D eigenvalue weighted by molar-refractivity contribution is 0.0664. The number of carbonyl (C=O) groups is 2. The molecule has 0 atom stereocenters. The van der Waals surface area contributed by atoms with Gasteiger partial charge in [0.05, 0.1) is 6.26 Å². The van der Waals surface area contributed by atoms with Crippen LogP contribution in [0.4, 0.5) is 5.69 Å². The summed E-state index contributed by atoms with van der Waals surface area (Å²) in [4.78, 5) is 28.6. The van der Waals surface area contributed by atoms with Crippen molar-refractivity contribution in [3.63, 3.8) is 0 Å². The van der Waals surface area contributed by atoms with Gasteiger partial charge in [-0.3, -0.25) is 9.59 Å². The van der Waals surface area contributed by atoms with Crippen molar-refractivity contribution in [1.29, 1.82) is 0 Å². The monoisotopic (exact) mass is 313 g/mol. The van der Waals surface area contributed by atoms with E-state index < -0.39 is 0 Å². The second-order valence-electron chi connectivity index (χ2n) is 5.61. The molecule has 23 heavy (non-hydrogen) atoms. The maximum Gasteiger partial charge on any atom is 0.291 e. The number of nitrogens with zero attached hydrogens (tertiary/aromatic N) is 2. The Morgan fingerprint density at radius 3 is 2.57 bits per heavy atom. The van der Waals surface area contributed by atoms with Crippen LogP contribution in [0.3, 0.4) is 0 Å². The second kappa shape index (κ2) is 6.66. The van der Waals surface area contributed by atoms with E-state index in [0.717, 1.165) is 26.2 Å². The number of anilines is 1. The number of carbonyl (C=O) groups excluding carboxylic acids is 2. The topological polar surface area (TPSA) is 65.8 Å². The van der Waals surface area contributed by atoms with Crippen molar-refractivity contribution >= 4 is 17.5 Å². The van der Waals surface area contributed by atoms with E-state index in [2.05, 4.69) is 10.2 Å². The summed E-state index contributed by atoms with van der Waals surface area (Å²) in [6.45, 7) is 3.19. The molecule has 0 radical (unpaired) electrons. The molecule has 1 N–H and O–H groups in total. The van der Waals surface area contributed by atoms with Gasteiger partial charge in [0.1, 0.15) is 0 Å². The molecule has 0 unspecified atom stereocenters. The van der Waals surface area contributed by atoms with Crippen LogP contribution < -0.4 is 5.32 Å². The molecule has 0 saturated carbocycles. The average Bonchev–Trinajstić information content (AvgIpc) is 3.10. The van der Waals surface area contributed by atoms with E-state index in [9.17, 15) is 9.59 Å². The Bertz CT molecular complexity index is 689. The van der Waals surface area contributed by atoms with Gasteiger partial charge in [-0.2, -0.15) is 0 Å². The maximum absolute atomic E-state index is 12.5. The molecule has 1 saturated heterocycles. The fourth-order valence-electron chi connectivity index (χ4n) is 2.52. The Balaban J connectivity index is 1.69. The summed E-state index contributed by atoms with van der Waals surface area (Å²) in [6, 6.07) is 10.2. The first-order valence-corrected chi connectivity index (χ1v) is 7.56. The zero-order chi connectivity index (χ0) is 16.2. The summed E-state index contributed by atoms with van der Waals surface area (Å²) in [5, 5.41) is 2.74. The molecule has 1 fully saturated rings. The third-order valence-corrected chi connectivity index (χ3v) is 3.90. The first kappa shape index (κ1) is 15.3. The molecule has 1 aromatic carbocycles. The van der Waals surface area contributed by atoms with E-state index in [1.165, 1.54) is 6.26 Å². The molecule has 2 aromatic rings. The first-order chi connectivity index (χ1) is 11.1. The minimum atomic E-state index is -0.334. The van der Waals surface area contributed by atoms with Crippen LogP contribution in [-0.4, -0.2) is 54.8 Å². The minimum Gasteiger partial charge on any atom is -0.459 e. The normalized spacial score (nSPS) is 15.4. The molecule has 1 aliphatic heterocycles. The second-order valence-corrected chi connectivity index (χ2v) is 5.61. The van der Waals surface area contributed by atoms with Crippen LogP contribution in [0.25, 0.3) is 0 Å². The highest BCUT2D eigenvalue weighted by atomic mass is 16.3. The molecule has 0 spiro atoms. The number of hydrogen-bond acceptors (Lipinski definition) is 4. The predicted molar refractivity (Wildman–Crippen MR) is 86.5 cm³/mol. The quantitative estimate of drug-likeness (QED) is 0.940. The van der Waals surface area contributed by atoms with Crippen molar-refractivity contribution in [3.05, 3.63) is 54.0 Å². The molecule has 2 amide bonds. The third kappa shape index (κ3) is 3.60. The van der Waals surface area contributed by atoms with Crippen molar-refractivity contribution < 1.29 is 14.0 Å². The van der Waals surface area contributed by atoms with E-state index in [0.29, 0.717) is 11.3 Å². The number of amides is 2. The summed E-state index contributed by atoms with van der Waals surface area (Å²) < 4.78 is 5.06. The van der Waals surface area contributed by atoms with Crippen LogP contribution in [0.15, 0.2) is 47.1 Å². The molecule has 3 rings (SSSR count). The lowest BCUT2D eigenvalue weighted by Gasteiger charge is -2.32. The van der Waals surface area contributed by atoms with Gasteiger partial charge in [-0.05, 0) is 37.4 Å². The number of furan rings is 1. The van der Waals surface area contributed by atoms with Crippen molar-refractivity contribution in [2.45, 2.75) is 0 Å². The lowest BCUT2D eigenvalue weighted by atomic mass is 10.1. The summed E-state index contributed by atoms with van der Waals surface area (Å²) in [5.74, 6) is -0.104. The fourth-order valence-corrected chi connectivity index (χ4v) is 2.52. The van der Waals surface area contributed by atoms with Gasteiger partial charge in [0.15, 0.2) is 5.76 Å². The van der Waals surface area contributed by atoms with E-state index >= 15 is 0 Å². The van der Waals surface area contributed by atoms with E-state index in [-0.39, 0.29) is 17.6 Å². The van der Waals surface area contributed by atoms with Gasteiger partial charge in [0.25, 0.3) is 11.8 Å². The van der Waals surface area contributed by atoms with Crippen LogP contribution >= 0.6 is 0 Å². The number of nitrogens with one attached hydrogen (secondary N) is 1. The Morgan fingerprint density at radius 1 is 1.09 bits per heavy atom. The first-order valence-electron chi connectivity index (χ1n) is 7.56. The molecule has 1 aliphatic rings. The predicted octanol–water partition coefficient (Wildman–Crippen LogP) is 1.92. The van der Waals surface area contributed by atoms with Crippen LogP contribution in [0, 0.1) is 0 Å². The Hall–Kier alpha value is -2.60. The Morgan fingerprint density at radius 2 is 1.87 bits per heavy atom. The molecule has 0 bridgehead atoms. The number of rotatable bonds is 3. The SMILES string of the molecule is CN1CCN(C(=O)c2cccc(NC(=O)c3ccco3)c2)CC1. The van der Waals surface area contributed by atoms with Gasteiger partial charge in [-0.25, -0.2) is 0 Å². The molecule has 6 heteroatoms. The maximum atomic E-state index is 12.5. The fraction of sp³-hybridized carbons (Fsp3) is 0.294. The van der Waals surface area contributed by atoms with Gasteiger partial charge in [0, 0.05) is 37.4 Å². The lowest BCUT2D eigenvalue weighted by Crippen LogP contribution is -2.47. The van der Waals surface area contributed by atoms with Crippen molar-refractivity contribution in [3.8, 4) is 0 Å². The minimum absolute atomic E-state index is 0.00722. The number of hydrogen-bond donors (Lipinski definition) is 1. The number of likely N-dealkylation sites (N-methyl/N-ethyl adjacent to an activating group) is 1. The van der Waals surface area contributed by atoms with Gasteiger partial charge >= 0.3 is 0 Å². The zero-order valence-electron chi connectivity index (χ0n) is 13.0. The largest absolute Gasteiger partial charge is 0.459 e. The van der Waals surface area contributed by atoms with Crippen LogP contribution in [0.1, 0.15) is 20.9 Å². The molecular formula is C17H19N3O3. The highest BCUT2D eigenvalue weighted by molar-refractivity contribution is 6.03. The van der Waals surface area contributed by atoms with Crippen LogP contribution in [0.5, 0.6) is 0 Å². The molecular weight excluding hydrogens is 294 g/mol. The van der Waals surface area contributed by atoms with Gasteiger partial charge in [0.2, 0.25) is 0 Å². The highest BCUT2D eigenvalue weighted by Gasteiger charge is 2.20. The molecule has 0 aliphatic carbocycles. The van der Waals surface area contributed by atoms with Crippen molar-refractivity contribution in [2.24, 2.45) is 0 Å². The van der Waals surface area contributed by atoms with Gasteiger partial charge in [-0.15, -0.1) is 0 Å². The Labute approximate surface area is 134 Å². The van der Waals surface area contributed by atoms with Gasteiger partial charge < -0.3 is 19.5 Å². The molecule has 120 valence electrons. The standard InChI is InChI=1S/C17H19N3O3/c1-19-7-9-20(10-8-19)17(22)13-4-2-5-14(12-13)18-16(21)15-6-3-11-23-15/h2-6,11-12H,7-10H2,1H3,(H,18,21). The smallest absolute Gasteiger partial charge is 0.291 e. The average molecular weight is 313 g/mol. The van der Waals surface area contributed by atoms with Crippen molar-refractivity contribution in [2.75, 3.05) is 38.5 Å². The summed E-state index contributed by atoms with van der Waals surface area (Å²) in [6.07, 6.45) is 1.45. The van der Waals surface area contributed by atoms with E-state index in [1.54, 1.807) is 36.4 Å². The molecule has 6 nitrogen and oxygen atoms in total. The number of benzene rings is 1. The van der Waals surface area contributed by atoms with Crippen molar-refractivity contribution in [1.82, 2.24) is 9.80 Å². The van der Waals surface area contributed by atoms with E-state index in [4.69, 9.17) is 4.42 Å².